The van der Waals surface area contributed by atoms with Crippen LogP contribution in [0.5, 0.6) is 5.75 Å². The maximum absolute atomic E-state index is 12.7. The number of nitrogens with two attached hydrogens (primary N) is 1. The molecule has 0 unspecified atom stereocenters. The molecule has 2 rings (SSSR count). The number of methoxy groups -OCH3 is 1. The highest BCUT2D eigenvalue weighted by Crippen LogP contribution is 2.27. The lowest BCUT2D eigenvalue weighted by Crippen LogP contribution is -2.44. The Balaban J connectivity index is 2.39. The van der Waals surface area contributed by atoms with Crippen LogP contribution < -0.4 is 15.8 Å². The Kier molecular flexibility index (Phi) is 4.50. The van der Waals surface area contributed by atoms with Gasteiger partial charge in [-0.25, -0.2) is 8.42 Å². The molecule has 0 aromatic heterocycles. The first-order valence-electron chi connectivity index (χ1n) is 6.53. The number of carbonyl (C=O) groups is 1. The van der Waals surface area contributed by atoms with Crippen LogP contribution in [0, 0.1) is 0 Å². The second-order valence-corrected chi connectivity index (χ2v) is 6.77. The summed E-state index contributed by atoms with van der Waals surface area (Å²) in [6.07, 6.45) is 0.308. The van der Waals surface area contributed by atoms with Crippen LogP contribution in [0.3, 0.4) is 0 Å². The average molecular weight is 313 g/mol. The predicted molar refractivity (Wildman–Crippen MR) is 77.3 cm³/mol. The number of benzene rings is 1. The summed E-state index contributed by atoms with van der Waals surface area (Å²) in [6, 6.07) is 5.03. The molecule has 0 radical (unpaired) electrons. The van der Waals surface area contributed by atoms with Gasteiger partial charge < -0.3 is 15.8 Å². The average Bonchev–Trinajstić information content (AvgIpc) is 2.89. The molecular weight excluding hydrogens is 294 g/mol. The van der Waals surface area contributed by atoms with Gasteiger partial charge in [0.05, 0.1) is 12.0 Å². The van der Waals surface area contributed by atoms with Crippen LogP contribution in [0.15, 0.2) is 29.2 Å². The van der Waals surface area contributed by atoms with Gasteiger partial charge in [0.1, 0.15) is 11.8 Å². The lowest BCUT2D eigenvalue weighted by molar-refractivity contribution is -0.123. The van der Waals surface area contributed by atoms with Crippen molar-refractivity contribution in [3.63, 3.8) is 0 Å². The third-order valence-electron chi connectivity index (χ3n) is 3.48. The minimum Gasteiger partial charge on any atom is -0.497 e. The number of nitrogens with one attached hydrogen (secondary N) is 1. The number of hydrogen-bond acceptors (Lipinski definition) is 5. The largest absolute Gasteiger partial charge is 0.497 e. The zero-order valence-corrected chi connectivity index (χ0v) is 12.8. The third kappa shape index (κ3) is 3.02. The number of rotatable bonds is 4. The molecule has 1 heterocycles. The second-order valence-electron chi connectivity index (χ2n) is 4.88. The monoisotopic (exact) mass is 313 g/mol. The molecule has 1 aromatic rings. The highest BCUT2D eigenvalue weighted by molar-refractivity contribution is 7.89. The minimum absolute atomic E-state index is 0.0878. The molecule has 1 aliphatic rings. The predicted octanol–water partition coefficient (Wildman–Crippen LogP) is -0.468. The Morgan fingerprint density at radius 1 is 1.48 bits per heavy atom. The topological polar surface area (TPSA) is 102 Å². The van der Waals surface area contributed by atoms with Crippen molar-refractivity contribution in [2.75, 3.05) is 20.7 Å². The summed E-state index contributed by atoms with van der Waals surface area (Å²) < 4.78 is 31.6. The molecule has 3 N–H and O–H groups in total. The molecule has 2 atom stereocenters. The van der Waals surface area contributed by atoms with Crippen molar-refractivity contribution in [2.45, 2.75) is 23.4 Å². The Hall–Kier alpha value is -1.64. The maximum Gasteiger partial charge on any atom is 0.243 e. The quantitative estimate of drug-likeness (QED) is 0.782. The maximum atomic E-state index is 12.7. The van der Waals surface area contributed by atoms with E-state index in [9.17, 15) is 13.2 Å². The van der Waals surface area contributed by atoms with Crippen LogP contribution >= 0.6 is 0 Å². The van der Waals surface area contributed by atoms with Crippen LogP contribution in [-0.4, -0.2) is 51.4 Å². The van der Waals surface area contributed by atoms with Crippen molar-refractivity contribution in [3.05, 3.63) is 24.3 Å². The van der Waals surface area contributed by atoms with E-state index in [4.69, 9.17) is 10.5 Å². The van der Waals surface area contributed by atoms with E-state index in [1.165, 1.54) is 26.3 Å². The Morgan fingerprint density at radius 2 is 2.19 bits per heavy atom. The van der Waals surface area contributed by atoms with Crippen molar-refractivity contribution in [1.29, 1.82) is 0 Å². The van der Waals surface area contributed by atoms with Crippen LogP contribution in [0.4, 0.5) is 0 Å². The van der Waals surface area contributed by atoms with E-state index in [1.54, 1.807) is 12.1 Å². The fourth-order valence-electron chi connectivity index (χ4n) is 2.40. The molecule has 1 fully saturated rings. The summed E-state index contributed by atoms with van der Waals surface area (Å²) in [5.74, 6) is 0.0884. The van der Waals surface area contributed by atoms with Gasteiger partial charge in [-0.2, -0.15) is 4.31 Å². The highest BCUT2D eigenvalue weighted by Gasteiger charge is 2.42. The lowest BCUT2D eigenvalue weighted by atomic mass is 10.2. The van der Waals surface area contributed by atoms with E-state index in [0.29, 0.717) is 12.2 Å². The number of carbonyl (C=O) groups excluding carboxylic acids is 1. The van der Waals surface area contributed by atoms with Gasteiger partial charge in [-0.1, -0.05) is 6.07 Å². The van der Waals surface area contributed by atoms with Crippen molar-refractivity contribution in [2.24, 2.45) is 5.73 Å². The summed E-state index contributed by atoms with van der Waals surface area (Å²) in [4.78, 5) is 12.0. The molecule has 1 saturated heterocycles. The van der Waals surface area contributed by atoms with Crippen molar-refractivity contribution >= 4 is 15.9 Å². The van der Waals surface area contributed by atoms with Crippen molar-refractivity contribution < 1.29 is 17.9 Å². The van der Waals surface area contributed by atoms with E-state index in [-0.39, 0.29) is 23.4 Å². The van der Waals surface area contributed by atoms with Gasteiger partial charge in [-0.3, -0.25) is 4.79 Å². The molecule has 21 heavy (non-hydrogen) atoms. The molecule has 0 spiro atoms. The van der Waals surface area contributed by atoms with Gasteiger partial charge in [-0.05, 0) is 18.6 Å². The SMILES string of the molecule is CNC(=O)[C@@H]1C[C@H](N)CN1S(=O)(=O)c1cccc(OC)c1. The summed E-state index contributed by atoms with van der Waals surface area (Å²) in [6.45, 7) is 0.123. The van der Waals surface area contributed by atoms with Crippen LogP contribution in [-0.2, 0) is 14.8 Å². The van der Waals surface area contributed by atoms with Crippen LogP contribution in [0.2, 0.25) is 0 Å². The van der Waals surface area contributed by atoms with E-state index < -0.39 is 16.1 Å². The third-order valence-corrected chi connectivity index (χ3v) is 5.36. The standard InChI is InChI=1S/C13H19N3O4S/c1-15-13(17)12-6-9(14)8-16(12)21(18,19)11-5-3-4-10(7-11)20-2/h3-5,7,9,12H,6,8,14H2,1-2H3,(H,15,17)/t9-,12-/m0/s1. The summed E-state index contributed by atoms with van der Waals surface area (Å²) in [7, 11) is -0.858. The Labute approximate surface area is 124 Å². The summed E-state index contributed by atoms with van der Waals surface area (Å²) >= 11 is 0. The first-order valence-corrected chi connectivity index (χ1v) is 7.97. The Morgan fingerprint density at radius 3 is 2.81 bits per heavy atom. The first kappa shape index (κ1) is 15.7. The molecule has 7 nitrogen and oxygen atoms in total. The smallest absolute Gasteiger partial charge is 0.243 e. The van der Waals surface area contributed by atoms with Gasteiger partial charge in [0, 0.05) is 25.7 Å². The number of nitrogens with zero attached hydrogens (tertiary/aromatic N) is 1. The molecule has 116 valence electrons. The zero-order valence-electron chi connectivity index (χ0n) is 11.9. The normalized spacial score (nSPS) is 23.0. The molecule has 8 heteroatoms. The number of amides is 1. The van der Waals surface area contributed by atoms with Crippen molar-refractivity contribution in [1.82, 2.24) is 9.62 Å². The molecule has 0 bridgehead atoms. The fourth-order valence-corrected chi connectivity index (χ4v) is 4.10. The highest BCUT2D eigenvalue weighted by atomic mass is 32.2. The number of ether oxygens (including phenoxy) is 1. The van der Waals surface area contributed by atoms with Crippen LogP contribution in [0.25, 0.3) is 0 Å². The Bertz CT molecular complexity index is 632. The minimum atomic E-state index is -3.80. The molecular formula is C13H19N3O4S. The first-order chi connectivity index (χ1) is 9.90. The number of likely N-dealkylation sites (N-methyl/N-ethyl adjacent to an activating group) is 1. The molecule has 1 aliphatic heterocycles. The zero-order chi connectivity index (χ0) is 15.6. The number of sulfonamides is 1. The van der Waals surface area contributed by atoms with E-state index in [0.717, 1.165) is 4.31 Å². The summed E-state index contributed by atoms with van der Waals surface area (Å²) in [5.41, 5.74) is 5.83. The van der Waals surface area contributed by atoms with Gasteiger partial charge in [0.25, 0.3) is 0 Å². The molecule has 1 aromatic carbocycles. The number of hydrogen-bond donors (Lipinski definition) is 2. The van der Waals surface area contributed by atoms with E-state index in [1.807, 2.05) is 0 Å². The van der Waals surface area contributed by atoms with Crippen LogP contribution in [0.1, 0.15) is 6.42 Å². The second kappa shape index (κ2) is 6.00. The van der Waals surface area contributed by atoms with Crippen molar-refractivity contribution in [3.8, 4) is 5.75 Å². The molecule has 0 aliphatic carbocycles. The van der Waals surface area contributed by atoms with Gasteiger partial charge >= 0.3 is 0 Å². The summed E-state index contributed by atoms with van der Waals surface area (Å²) in [5, 5.41) is 2.48. The lowest BCUT2D eigenvalue weighted by Gasteiger charge is -2.22. The van der Waals surface area contributed by atoms with E-state index >= 15 is 0 Å². The molecule has 1 amide bonds. The van der Waals surface area contributed by atoms with E-state index in [2.05, 4.69) is 5.32 Å². The van der Waals surface area contributed by atoms with Gasteiger partial charge in [0.15, 0.2) is 0 Å². The fraction of sp³-hybridized carbons (Fsp3) is 0.462. The van der Waals surface area contributed by atoms with Gasteiger partial charge in [-0.15, -0.1) is 0 Å². The van der Waals surface area contributed by atoms with Gasteiger partial charge in [0.2, 0.25) is 15.9 Å². The molecule has 0 saturated carbocycles.